The minimum atomic E-state index is -0.173. The van der Waals surface area contributed by atoms with E-state index in [1.54, 1.807) is 23.1 Å². The quantitative estimate of drug-likeness (QED) is 0.205. The van der Waals surface area contributed by atoms with Crippen LogP contribution in [-0.4, -0.2) is 11.1 Å². The zero-order chi connectivity index (χ0) is 25.8. The zero-order valence-corrected chi connectivity index (χ0v) is 23.2. The molecule has 1 amide bonds. The highest BCUT2D eigenvalue weighted by atomic mass is 79.9. The number of ether oxygens (including phenoxy) is 1. The fraction of sp³-hybridized carbons (Fsp3) is 0.0345. The van der Waals surface area contributed by atoms with Gasteiger partial charge in [-0.1, -0.05) is 87.7 Å². The van der Waals surface area contributed by atoms with E-state index in [0.717, 1.165) is 21.4 Å². The first-order valence-corrected chi connectivity index (χ1v) is 13.6. The average molecular weight is 610 g/mol. The molecule has 4 aromatic rings. The summed E-state index contributed by atoms with van der Waals surface area (Å²) < 4.78 is 6.89. The van der Waals surface area contributed by atoms with E-state index < -0.39 is 0 Å². The lowest BCUT2D eigenvalue weighted by molar-refractivity contribution is -0.113. The van der Waals surface area contributed by atoms with Crippen LogP contribution in [-0.2, 0) is 11.4 Å². The molecule has 0 unspecified atom stereocenters. The van der Waals surface area contributed by atoms with Crippen LogP contribution in [0.1, 0.15) is 11.1 Å². The van der Waals surface area contributed by atoms with Crippen molar-refractivity contribution in [3.63, 3.8) is 0 Å². The van der Waals surface area contributed by atoms with E-state index in [9.17, 15) is 4.79 Å². The van der Waals surface area contributed by atoms with E-state index in [2.05, 4.69) is 15.9 Å². The lowest BCUT2D eigenvalue weighted by Crippen LogP contribution is -2.28. The number of para-hydroxylation sites is 2. The first-order chi connectivity index (χ1) is 18.0. The molecular formula is C29H19BrCl2N2O2S. The van der Waals surface area contributed by atoms with E-state index in [4.69, 9.17) is 32.9 Å². The number of halogens is 3. The van der Waals surface area contributed by atoms with Crippen molar-refractivity contribution in [2.45, 2.75) is 6.61 Å². The molecule has 0 radical (unpaired) electrons. The van der Waals surface area contributed by atoms with Gasteiger partial charge in [-0.15, -0.1) is 0 Å². The third-order valence-corrected chi connectivity index (χ3v) is 7.48. The molecular weight excluding hydrogens is 591 g/mol. The maximum Gasteiger partial charge on any atom is 0.271 e. The molecule has 8 heteroatoms. The Balaban J connectivity index is 1.43. The molecule has 1 aliphatic rings. The van der Waals surface area contributed by atoms with Crippen LogP contribution in [0.2, 0.25) is 10.0 Å². The summed E-state index contributed by atoms with van der Waals surface area (Å²) in [5, 5.41) is 1.30. The Kier molecular flexibility index (Phi) is 8.01. The first-order valence-electron chi connectivity index (χ1n) is 11.3. The Morgan fingerprint density at radius 1 is 0.892 bits per heavy atom. The van der Waals surface area contributed by atoms with Crippen LogP contribution in [0.15, 0.2) is 111 Å². The van der Waals surface area contributed by atoms with Crippen molar-refractivity contribution in [2.75, 3.05) is 4.90 Å². The summed E-state index contributed by atoms with van der Waals surface area (Å²) in [5.41, 5.74) is 3.18. The molecule has 0 atom stereocenters. The zero-order valence-electron chi connectivity index (χ0n) is 19.3. The largest absolute Gasteiger partial charge is 0.486 e. The predicted molar refractivity (Wildman–Crippen MR) is 158 cm³/mol. The second kappa shape index (κ2) is 11.6. The monoisotopic (exact) mass is 608 g/mol. The Labute approximate surface area is 237 Å². The van der Waals surface area contributed by atoms with Gasteiger partial charge < -0.3 is 4.74 Å². The Hall–Kier alpha value is -3.03. The summed E-state index contributed by atoms with van der Waals surface area (Å²) in [6.07, 6.45) is 1.77. The molecule has 1 aliphatic heterocycles. The van der Waals surface area contributed by atoms with Gasteiger partial charge in [-0.25, -0.2) is 4.99 Å². The number of hydrogen-bond acceptors (Lipinski definition) is 4. The molecule has 184 valence electrons. The SMILES string of the molecule is O=C1/C(=C\c2cc(Cl)c(OCc3ccc(Br)cc3)c(Cl)c2)SC(=Nc2ccccc2)N1c1ccccc1. The van der Waals surface area contributed by atoms with E-state index in [1.165, 1.54) is 11.8 Å². The Bertz CT molecular complexity index is 1470. The molecule has 0 saturated carbocycles. The number of anilines is 1. The number of carbonyl (C=O) groups excluding carboxylic acids is 1. The van der Waals surface area contributed by atoms with E-state index in [1.807, 2.05) is 84.9 Å². The van der Waals surface area contributed by atoms with Crippen LogP contribution >= 0.6 is 50.9 Å². The maximum absolute atomic E-state index is 13.5. The smallest absolute Gasteiger partial charge is 0.271 e. The van der Waals surface area contributed by atoms with Crippen molar-refractivity contribution < 1.29 is 9.53 Å². The van der Waals surface area contributed by atoms with Crippen molar-refractivity contribution in [1.29, 1.82) is 0 Å². The molecule has 4 nitrogen and oxygen atoms in total. The van der Waals surface area contributed by atoms with Crippen molar-refractivity contribution in [2.24, 2.45) is 4.99 Å². The van der Waals surface area contributed by atoms with Crippen molar-refractivity contribution in [1.82, 2.24) is 0 Å². The number of nitrogens with zero attached hydrogens (tertiary/aromatic N) is 2. The molecule has 1 saturated heterocycles. The molecule has 1 fully saturated rings. The first kappa shape index (κ1) is 25.6. The van der Waals surface area contributed by atoms with Crippen LogP contribution in [0.25, 0.3) is 6.08 Å². The predicted octanol–water partition coefficient (Wildman–Crippen LogP) is 9.14. The van der Waals surface area contributed by atoms with E-state index in [-0.39, 0.29) is 5.91 Å². The average Bonchev–Trinajstić information content (AvgIpc) is 3.19. The van der Waals surface area contributed by atoms with Crippen LogP contribution in [0, 0.1) is 0 Å². The number of carbonyl (C=O) groups is 1. The van der Waals surface area contributed by atoms with Gasteiger partial charge in [-0.3, -0.25) is 9.69 Å². The number of thioether (sulfide) groups is 1. The summed E-state index contributed by atoms with van der Waals surface area (Å²) >= 11 is 17.8. The van der Waals surface area contributed by atoms with Crippen molar-refractivity contribution >= 4 is 79.4 Å². The topological polar surface area (TPSA) is 41.9 Å². The maximum atomic E-state index is 13.5. The lowest BCUT2D eigenvalue weighted by atomic mass is 10.2. The van der Waals surface area contributed by atoms with Crippen LogP contribution < -0.4 is 9.64 Å². The highest BCUT2D eigenvalue weighted by Gasteiger charge is 2.34. The van der Waals surface area contributed by atoms with Gasteiger partial charge in [0, 0.05) is 4.47 Å². The highest BCUT2D eigenvalue weighted by Crippen LogP contribution is 2.40. The second-order valence-corrected chi connectivity index (χ2v) is 10.8. The second-order valence-electron chi connectivity index (χ2n) is 8.05. The van der Waals surface area contributed by atoms with Crippen molar-refractivity contribution in [3.05, 3.63) is 128 Å². The van der Waals surface area contributed by atoms with Gasteiger partial charge in [-0.05, 0) is 77.5 Å². The van der Waals surface area contributed by atoms with Gasteiger partial charge in [0.2, 0.25) is 0 Å². The summed E-state index contributed by atoms with van der Waals surface area (Å²) in [4.78, 5) is 20.3. The standard InChI is InChI=1S/C29H19BrCl2N2O2S/c30-21-13-11-19(12-14-21)18-36-27-24(31)15-20(16-25(27)32)17-26-28(35)34(23-9-5-2-6-10-23)29(37-26)33-22-7-3-1-4-8-22/h1-17H,18H2/b26-17+,33-29?. The molecule has 1 heterocycles. The highest BCUT2D eigenvalue weighted by molar-refractivity contribution is 9.10. The van der Waals surface area contributed by atoms with Crippen LogP contribution in [0.5, 0.6) is 5.75 Å². The molecule has 0 bridgehead atoms. The van der Waals surface area contributed by atoms with Crippen molar-refractivity contribution in [3.8, 4) is 5.75 Å². The molecule has 0 spiro atoms. The van der Waals surface area contributed by atoms with Gasteiger partial charge in [0.25, 0.3) is 5.91 Å². The number of rotatable bonds is 6. The number of benzene rings is 4. The minimum Gasteiger partial charge on any atom is -0.486 e. The normalized spacial score (nSPS) is 15.5. The Morgan fingerprint density at radius 3 is 2.16 bits per heavy atom. The number of amidine groups is 1. The molecule has 5 rings (SSSR count). The lowest BCUT2D eigenvalue weighted by Gasteiger charge is -2.15. The Morgan fingerprint density at radius 2 is 1.51 bits per heavy atom. The summed E-state index contributed by atoms with van der Waals surface area (Å²) in [5.74, 6) is 0.227. The van der Waals surface area contributed by atoms with Gasteiger partial charge in [0.1, 0.15) is 6.61 Å². The molecule has 37 heavy (non-hydrogen) atoms. The summed E-state index contributed by atoms with van der Waals surface area (Å²) in [6.45, 7) is 0.326. The molecule has 0 N–H and O–H groups in total. The van der Waals surface area contributed by atoms with Gasteiger partial charge in [0.05, 0.1) is 26.3 Å². The van der Waals surface area contributed by atoms with E-state index in [0.29, 0.717) is 38.0 Å². The fourth-order valence-electron chi connectivity index (χ4n) is 3.65. The number of hydrogen-bond donors (Lipinski definition) is 0. The van der Waals surface area contributed by atoms with Crippen LogP contribution in [0.3, 0.4) is 0 Å². The third-order valence-electron chi connectivity index (χ3n) is 5.42. The van der Waals surface area contributed by atoms with Crippen LogP contribution in [0.4, 0.5) is 11.4 Å². The summed E-state index contributed by atoms with van der Waals surface area (Å²) in [7, 11) is 0. The molecule has 4 aromatic carbocycles. The molecule has 0 aliphatic carbocycles. The number of amides is 1. The van der Waals surface area contributed by atoms with Gasteiger partial charge in [0.15, 0.2) is 10.9 Å². The van der Waals surface area contributed by atoms with Gasteiger partial charge >= 0.3 is 0 Å². The minimum absolute atomic E-state index is 0.173. The third kappa shape index (κ3) is 6.11. The van der Waals surface area contributed by atoms with Gasteiger partial charge in [-0.2, -0.15) is 0 Å². The molecule has 0 aromatic heterocycles. The summed E-state index contributed by atoms with van der Waals surface area (Å²) in [6, 6.07) is 30.3. The van der Waals surface area contributed by atoms with E-state index >= 15 is 0 Å². The fourth-order valence-corrected chi connectivity index (χ4v) is 5.53. The number of aliphatic imine (C=N–C) groups is 1.